The van der Waals surface area contributed by atoms with Crippen LogP contribution in [-0.4, -0.2) is 62.7 Å². The number of carboxylic acid groups (broad SMARTS) is 1. The molecular weight excluding hydrogens is 304 g/mol. The molecule has 0 bridgehead atoms. The van der Waals surface area contributed by atoms with Crippen LogP contribution in [0, 0.1) is 0 Å². The molecule has 1 aromatic heterocycles. The van der Waals surface area contributed by atoms with Gasteiger partial charge in [0.15, 0.2) is 11.4 Å². The second kappa shape index (κ2) is 6.27. The molecule has 9 nitrogen and oxygen atoms in total. The lowest BCUT2D eigenvalue weighted by atomic mass is 10.2. The van der Waals surface area contributed by atoms with Crippen LogP contribution in [0.15, 0.2) is 6.33 Å². The van der Waals surface area contributed by atoms with Crippen molar-refractivity contribution in [3.05, 3.63) is 17.7 Å². The van der Waals surface area contributed by atoms with Crippen LogP contribution >= 0.6 is 0 Å². The van der Waals surface area contributed by atoms with Gasteiger partial charge in [0, 0.05) is 19.1 Å². The summed E-state index contributed by atoms with van der Waals surface area (Å²) in [5.74, 6) is -1.84. The molecule has 1 aliphatic heterocycles. The molecule has 0 aliphatic carbocycles. The number of nitrogens with one attached hydrogen (secondary N) is 2. The highest BCUT2D eigenvalue weighted by molar-refractivity contribution is 6.02. The summed E-state index contributed by atoms with van der Waals surface area (Å²) >= 11 is 0. The van der Waals surface area contributed by atoms with E-state index in [2.05, 4.69) is 15.3 Å². The Morgan fingerprint density at radius 2 is 2.13 bits per heavy atom. The molecule has 2 amide bonds. The Labute approximate surface area is 133 Å². The van der Waals surface area contributed by atoms with Crippen LogP contribution in [0.25, 0.3) is 0 Å². The van der Waals surface area contributed by atoms with E-state index in [9.17, 15) is 14.4 Å². The van der Waals surface area contributed by atoms with Crippen LogP contribution < -0.4 is 5.32 Å². The molecule has 1 aliphatic rings. The number of carboxylic acids is 1. The van der Waals surface area contributed by atoms with Gasteiger partial charge in [-0.05, 0) is 27.2 Å². The molecule has 23 heavy (non-hydrogen) atoms. The average Bonchev–Trinajstić information content (AvgIpc) is 3.04. The first-order valence-electron chi connectivity index (χ1n) is 7.23. The Morgan fingerprint density at radius 3 is 2.74 bits per heavy atom. The number of carbonyl (C=O) groups excluding carboxylic acids is 2. The van der Waals surface area contributed by atoms with Crippen LogP contribution in [0.3, 0.4) is 0 Å². The first-order chi connectivity index (χ1) is 10.7. The lowest BCUT2D eigenvalue weighted by Crippen LogP contribution is -2.40. The fourth-order valence-corrected chi connectivity index (χ4v) is 2.25. The van der Waals surface area contributed by atoms with Crippen LogP contribution in [0.4, 0.5) is 4.79 Å². The van der Waals surface area contributed by atoms with Crippen molar-refractivity contribution < 1.29 is 24.2 Å². The number of hydrogen-bond acceptors (Lipinski definition) is 5. The third-order valence-electron chi connectivity index (χ3n) is 3.24. The summed E-state index contributed by atoms with van der Waals surface area (Å²) in [4.78, 5) is 42.7. The van der Waals surface area contributed by atoms with E-state index in [1.54, 1.807) is 20.8 Å². The standard InChI is InChI=1S/C14H20N4O5/c1-14(2,3)23-13(22)18-5-4-8(6-18)17-11(19)9-10(12(20)21)16-7-15-9/h7-8H,4-6H2,1-3H3,(H,15,16)(H,17,19)(H,20,21)/t8-/m1/s1. The first-order valence-corrected chi connectivity index (χ1v) is 7.23. The van der Waals surface area contributed by atoms with E-state index in [-0.39, 0.29) is 17.4 Å². The topological polar surface area (TPSA) is 125 Å². The minimum Gasteiger partial charge on any atom is -0.477 e. The zero-order valence-electron chi connectivity index (χ0n) is 13.3. The van der Waals surface area contributed by atoms with Gasteiger partial charge in [-0.2, -0.15) is 0 Å². The summed E-state index contributed by atoms with van der Waals surface area (Å²) < 4.78 is 5.28. The number of imidazole rings is 1. The Morgan fingerprint density at radius 1 is 1.43 bits per heavy atom. The lowest BCUT2D eigenvalue weighted by molar-refractivity contribution is 0.0290. The van der Waals surface area contributed by atoms with E-state index in [4.69, 9.17) is 9.84 Å². The van der Waals surface area contributed by atoms with Crippen molar-refractivity contribution in [1.29, 1.82) is 0 Å². The number of rotatable bonds is 3. The van der Waals surface area contributed by atoms with E-state index in [0.717, 1.165) is 6.33 Å². The SMILES string of the molecule is CC(C)(C)OC(=O)N1CC[C@@H](NC(=O)c2nc[nH]c2C(=O)O)C1. The van der Waals surface area contributed by atoms with Gasteiger partial charge in [-0.25, -0.2) is 14.6 Å². The maximum absolute atomic E-state index is 12.1. The predicted molar refractivity (Wildman–Crippen MR) is 79.2 cm³/mol. The van der Waals surface area contributed by atoms with Gasteiger partial charge < -0.3 is 25.0 Å². The minimum atomic E-state index is -1.26. The van der Waals surface area contributed by atoms with Crippen molar-refractivity contribution in [3.8, 4) is 0 Å². The maximum Gasteiger partial charge on any atom is 0.410 e. The molecule has 1 fully saturated rings. The second-order valence-electron chi connectivity index (χ2n) is 6.32. The Kier molecular flexibility index (Phi) is 4.57. The number of nitrogens with zero attached hydrogens (tertiary/aromatic N) is 2. The van der Waals surface area contributed by atoms with Crippen molar-refractivity contribution in [3.63, 3.8) is 0 Å². The van der Waals surface area contributed by atoms with Crippen LogP contribution in [0.1, 0.15) is 48.2 Å². The summed E-state index contributed by atoms with van der Waals surface area (Å²) in [6.07, 6.45) is 1.29. The highest BCUT2D eigenvalue weighted by atomic mass is 16.6. The van der Waals surface area contributed by atoms with Gasteiger partial charge in [0.05, 0.1) is 6.33 Å². The van der Waals surface area contributed by atoms with Crippen LogP contribution in [0.2, 0.25) is 0 Å². The highest BCUT2D eigenvalue weighted by Crippen LogP contribution is 2.16. The Bertz CT molecular complexity index is 619. The molecule has 126 valence electrons. The molecule has 0 unspecified atom stereocenters. The number of aromatic carboxylic acids is 1. The normalized spacial score (nSPS) is 17.9. The van der Waals surface area contributed by atoms with Crippen molar-refractivity contribution in [2.75, 3.05) is 13.1 Å². The maximum atomic E-state index is 12.1. The van der Waals surface area contributed by atoms with Crippen LogP contribution in [0.5, 0.6) is 0 Å². The average molecular weight is 324 g/mol. The molecule has 2 heterocycles. The van der Waals surface area contributed by atoms with Crippen molar-refractivity contribution in [2.24, 2.45) is 0 Å². The third-order valence-corrected chi connectivity index (χ3v) is 3.24. The summed E-state index contributed by atoms with van der Waals surface area (Å²) in [6.45, 7) is 6.13. The van der Waals surface area contributed by atoms with E-state index in [0.29, 0.717) is 19.5 Å². The summed E-state index contributed by atoms with van der Waals surface area (Å²) in [5.41, 5.74) is -1.01. The second-order valence-corrected chi connectivity index (χ2v) is 6.32. The summed E-state index contributed by atoms with van der Waals surface area (Å²) in [6, 6.07) is -0.270. The summed E-state index contributed by atoms with van der Waals surface area (Å²) in [7, 11) is 0. The van der Waals surface area contributed by atoms with E-state index in [1.165, 1.54) is 4.90 Å². The predicted octanol–water partition coefficient (Wildman–Crippen LogP) is 0.847. The van der Waals surface area contributed by atoms with Gasteiger partial charge in [0.2, 0.25) is 0 Å². The van der Waals surface area contributed by atoms with Crippen LogP contribution in [-0.2, 0) is 4.74 Å². The van der Waals surface area contributed by atoms with Gasteiger partial charge in [-0.15, -0.1) is 0 Å². The largest absolute Gasteiger partial charge is 0.477 e. The summed E-state index contributed by atoms with van der Waals surface area (Å²) in [5, 5.41) is 11.7. The van der Waals surface area contributed by atoms with E-state index >= 15 is 0 Å². The lowest BCUT2D eigenvalue weighted by Gasteiger charge is -2.24. The molecule has 1 saturated heterocycles. The minimum absolute atomic E-state index is 0.173. The molecule has 9 heteroatoms. The number of likely N-dealkylation sites (tertiary alicyclic amines) is 1. The molecule has 0 saturated carbocycles. The number of hydrogen-bond donors (Lipinski definition) is 3. The Balaban J connectivity index is 1.93. The third kappa shape index (κ3) is 4.21. The fourth-order valence-electron chi connectivity index (χ4n) is 2.25. The molecule has 1 atom stereocenters. The zero-order valence-corrected chi connectivity index (χ0v) is 13.3. The number of amides is 2. The van der Waals surface area contributed by atoms with Gasteiger partial charge in [0.25, 0.3) is 5.91 Å². The molecule has 0 radical (unpaired) electrons. The molecular formula is C14H20N4O5. The van der Waals surface area contributed by atoms with Gasteiger partial charge >= 0.3 is 12.1 Å². The van der Waals surface area contributed by atoms with Crippen molar-refractivity contribution >= 4 is 18.0 Å². The van der Waals surface area contributed by atoms with Crippen molar-refractivity contribution in [2.45, 2.75) is 38.8 Å². The number of aromatic amines is 1. The Hall–Kier alpha value is -2.58. The zero-order chi connectivity index (χ0) is 17.2. The van der Waals surface area contributed by atoms with E-state index in [1.807, 2.05) is 0 Å². The molecule has 1 aromatic rings. The number of H-pyrrole nitrogens is 1. The molecule has 2 rings (SSSR count). The van der Waals surface area contributed by atoms with Gasteiger partial charge in [-0.1, -0.05) is 0 Å². The number of aromatic nitrogens is 2. The molecule has 0 spiro atoms. The van der Waals surface area contributed by atoms with E-state index < -0.39 is 23.6 Å². The smallest absolute Gasteiger partial charge is 0.410 e. The van der Waals surface area contributed by atoms with Gasteiger partial charge in [0.1, 0.15) is 5.60 Å². The number of ether oxygens (including phenoxy) is 1. The molecule has 3 N–H and O–H groups in total. The highest BCUT2D eigenvalue weighted by Gasteiger charge is 2.31. The number of carbonyl (C=O) groups is 3. The van der Waals surface area contributed by atoms with Crippen molar-refractivity contribution in [1.82, 2.24) is 20.2 Å². The molecule has 0 aromatic carbocycles. The van der Waals surface area contributed by atoms with Gasteiger partial charge in [-0.3, -0.25) is 4.79 Å². The fraction of sp³-hybridized carbons (Fsp3) is 0.571. The first kappa shape index (κ1) is 16.8. The quantitative estimate of drug-likeness (QED) is 0.757. The monoisotopic (exact) mass is 324 g/mol.